The molecule has 0 radical (unpaired) electrons. The van der Waals surface area contributed by atoms with Gasteiger partial charge in [0.2, 0.25) is 5.89 Å². The number of hydrogen-bond acceptors (Lipinski definition) is 8. The molecule has 0 aliphatic carbocycles. The van der Waals surface area contributed by atoms with Crippen LogP contribution >= 0.6 is 11.6 Å². The van der Waals surface area contributed by atoms with Gasteiger partial charge in [0.05, 0.1) is 27.5 Å². The number of nitrogens with two attached hydrogens (primary N) is 1. The van der Waals surface area contributed by atoms with Crippen LogP contribution in [0.5, 0.6) is 0 Å². The Morgan fingerprint density at radius 3 is 2.50 bits per heavy atom. The zero-order chi connectivity index (χ0) is 25.6. The third kappa shape index (κ3) is 4.71. The molecule has 2 aromatic heterocycles. The van der Waals surface area contributed by atoms with Crippen LogP contribution < -0.4 is 10.6 Å². The van der Waals surface area contributed by atoms with Crippen LogP contribution in [0.4, 0.5) is 10.1 Å². The molecule has 0 saturated heterocycles. The number of benzene rings is 2. The monoisotopic (exact) mass is 527 g/mol. The first-order chi connectivity index (χ1) is 17.1. The molecule has 3 heterocycles. The fourth-order valence-electron chi connectivity index (χ4n) is 4.33. The van der Waals surface area contributed by atoms with Gasteiger partial charge < -0.3 is 15.1 Å². The van der Waals surface area contributed by atoms with Crippen molar-refractivity contribution in [3.05, 3.63) is 76.3 Å². The molecule has 2 N–H and O–H groups in total. The maximum absolute atomic E-state index is 15.3. The van der Waals surface area contributed by atoms with E-state index in [0.29, 0.717) is 22.8 Å². The van der Waals surface area contributed by atoms with Crippen LogP contribution in [0.3, 0.4) is 0 Å². The first kappa shape index (κ1) is 24.4. The first-order valence-corrected chi connectivity index (χ1v) is 13.2. The highest BCUT2D eigenvalue weighted by molar-refractivity contribution is 7.91. The van der Waals surface area contributed by atoms with Crippen LogP contribution in [0.25, 0.3) is 22.9 Å². The summed E-state index contributed by atoms with van der Waals surface area (Å²) in [7, 11) is -3.83. The molecule has 2 aromatic carbocycles. The molecule has 11 heteroatoms. The van der Waals surface area contributed by atoms with Crippen molar-refractivity contribution in [3.8, 4) is 22.9 Å². The highest BCUT2D eigenvalue weighted by atomic mass is 35.5. The summed E-state index contributed by atoms with van der Waals surface area (Å²) in [5.74, 6) is -0.951. The van der Waals surface area contributed by atoms with E-state index in [4.69, 9.17) is 21.8 Å². The van der Waals surface area contributed by atoms with Crippen LogP contribution in [0, 0.1) is 19.7 Å². The van der Waals surface area contributed by atoms with Gasteiger partial charge in [-0.3, -0.25) is 4.98 Å². The predicted molar refractivity (Wildman–Crippen MR) is 135 cm³/mol. The van der Waals surface area contributed by atoms with E-state index in [9.17, 15) is 8.42 Å². The number of fused-ring (bicyclic) bond motifs is 1. The first-order valence-electron chi connectivity index (χ1n) is 11.2. The van der Waals surface area contributed by atoms with E-state index in [0.717, 1.165) is 22.9 Å². The zero-order valence-corrected chi connectivity index (χ0v) is 21.1. The lowest BCUT2D eigenvalue weighted by Gasteiger charge is -2.26. The second-order valence-corrected chi connectivity index (χ2v) is 11.3. The molecule has 0 unspecified atom stereocenters. The smallest absolute Gasteiger partial charge is 0.251 e. The summed E-state index contributed by atoms with van der Waals surface area (Å²) in [6.07, 6.45) is 1.62. The van der Waals surface area contributed by atoms with Gasteiger partial charge >= 0.3 is 0 Å². The van der Waals surface area contributed by atoms with Crippen molar-refractivity contribution in [2.75, 3.05) is 17.2 Å². The topological polar surface area (TPSA) is 115 Å². The van der Waals surface area contributed by atoms with E-state index in [1.54, 1.807) is 18.3 Å². The Labute approximate surface area is 212 Å². The van der Waals surface area contributed by atoms with E-state index < -0.39 is 21.7 Å². The fraction of sp³-hybridized carbons (Fsp3) is 0.240. The van der Waals surface area contributed by atoms with Gasteiger partial charge in [0.25, 0.3) is 5.89 Å². The third-order valence-corrected chi connectivity index (χ3v) is 8.15. The highest BCUT2D eigenvalue weighted by Gasteiger charge is 2.32. The number of rotatable bonds is 4. The molecule has 0 amide bonds. The summed E-state index contributed by atoms with van der Waals surface area (Å²) in [6, 6.07) is 10.9. The Morgan fingerprint density at radius 1 is 1.11 bits per heavy atom. The molecular formula is C25H23ClFN5O3S. The molecule has 1 aliphatic heterocycles. The summed E-state index contributed by atoms with van der Waals surface area (Å²) < 4.78 is 47.2. The summed E-state index contributed by atoms with van der Waals surface area (Å²) in [4.78, 5) is 5.97. The number of aromatic nitrogens is 3. The maximum Gasteiger partial charge on any atom is 0.251 e. The predicted octanol–water partition coefficient (Wildman–Crippen LogP) is 4.33. The molecule has 1 aliphatic rings. The number of pyridine rings is 1. The average molecular weight is 528 g/mol. The molecule has 0 spiro atoms. The van der Waals surface area contributed by atoms with Gasteiger partial charge in [0, 0.05) is 36.0 Å². The summed E-state index contributed by atoms with van der Waals surface area (Å²) >= 11 is 6.01. The second-order valence-electron chi connectivity index (χ2n) is 8.90. The van der Waals surface area contributed by atoms with Crippen molar-refractivity contribution in [3.63, 3.8) is 0 Å². The van der Waals surface area contributed by atoms with E-state index >= 15 is 4.39 Å². The number of anilines is 1. The summed E-state index contributed by atoms with van der Waals surface area (Å²) in [6.45, 7) is 4.36. The minimum atomic E-state index is -3.83. The molecule has 0 fully saturated rings. The quantitative estimate of drug-likeness (QED) is 0.417. The van der Waals surface area contributed by atoms with E-state index in [-0.39, 0.29) is 34.5 Å². The van der Waals surface area contributed by atoms with Gasteiger partial charge in [0.15, 0.2) is 9.84 Å². The molecule has 0 saturated carbocycles. The van der Waals surface area contributed by atoms with Gasteiger partial charge in [-0.15, -0.1) is 10.2 Å². The molecule has 1 atom stereocenters. The Morgan fingerprint density at radius 2 is 1.81 bits per heavy atom. The third-order valence-electron chi connectivity index (χ3n) is 6.03. The van der Waals surface area contributed by atoms with Crippen LogP contribution in [0.1, 0.15) is 16.8 Å². The molecule has 186 valence electrons. The Hall–Kier alpha value is -3.34. The number of aryl methyl sites for hydroxylation is 2. The van der Waals surface area contributed by atoms with E-state index in [1.807, 2.05) is 36.9 Å². The standard InChI is InChI=1S/C25H23ClFN5O3S/c1-14-7-15(2)29-10-20(14)25-31-30-24(35-25)19-8-22-23(9-21(19)27)36(33,34)13-18(28)12-32(22)11-16-3-5-17(26)6-4-16/h3-10,18H,11-13,28H2,1-2H3/t18-/m1/s1. The van der Waals surface area contributed by atoms with Crippen LogP contribution in [0.2, 0.25) is 5.02 Å². The number of sulfone groups is 1. The fourth-order valence-corrected chi connectivity index (χ4v) is 6.10. The van der Waals surface area contributed by atoms with Crippen molar-refractivity contribution in [2.45, 2.75) is 31.3 Å². The Balaban J connectivity index is 1.60. The number of hydrogen-bond donors (Lipinski definition) is 1. The van der Waals surface area contributed by atoms with Crippen LogP contribution in [-0.2, 0) is 16.4 Å². The molecule has 0 bridgehead atoms. The average Bonchev–Trinajstić information content (AvgIpc) is 3.26. The van der Waals surface area contributed by atoms with Gasteiger partial charge in [-0.1, -0.05) is 23.7 Å². The lowest BCUT2D eigenvalue weighted by atomic mass is 10.1. The normalized spacial score (nSPS) is 17.0. The second kappa shape index (κ2) is 9.27. The molecule has 5 rings (SSSR count). The zero-order valence-electron chi connectivity index (χ0n) is 19.6. The van der Waals surface area contributed by atoms with Crippen molar-refractivity contribution >= 4 is 27.1 Å². The lowest BCUT2D eigenvalue weighted by molar-refractivity contribution is 0.567. The number of nitrogens with zero attached hydrogens (tertiary/aromatic N) is 4. The van der Waals surface area contributed by atoms with Crippen molar-refractivity contribution < 1.29 is 17.2 Å². The van der Waals surface area contributed by atoms with Crippen molar-refractivity contribution in [1.29, 1.82) is 0 Å². The minimum absolute atomic E-state index is 0.00278. The van der Waals surface area contributed by atoms with E-state index in [2.05, 4.69) is 15.2 Å². The maximum atomic E-state index is 15.3. The lowest BCUT2D eigenvalue weighted by Crippen LogP contribution is -2.39. The van der Waals surface area contributed by atoms with E-state index in [1.165, 1.54) is 6.07 Å². The molecule has 4 aromatic rings. The molecule has 8 nitrogen and oxygen atoms in total. The van der Waals surface area contributed by atoms with Gasteiger partial charge in [-0.05, 0) is 55.3 Å². The SMILES string of the molecule is Cc1cc(C)c(-c2nnc(-c3cc4c(cc3F)S(=O)(=O)C[C@H](N)CN4Cc3ccc(Cl)cc3)o2)cn1. The molecule has 36 heavy (non-hydrogen) atoms. The van der Waals surface area contributed by atoms with Crippen molar-refractivity contribution in [1.82, 2.24) is 15.2 Å². The largest absolute Gasteiger partial charge is 0.416 e. The minimum Gasteiger partial charge on any atom is -0.416 e. The number of halogens is 2. The van der Waals surface area contributed by atoms with Gasteiger partial charge in [-0.2, -0.15) is 0 Å². The summed E-state index contributed by atoms with van der Waals surface area (Å²) in [5, 5.41) is 8.70. The highest BCUT2D eigenvalue weighted by Crippen LogP contribution is 2.37. The van der Waals surface area contributed by atoms with Crippen molar-refractivity contribution in [2.24, 2.45) is 5.73 Å². The summed E-state index contributed by atoms with van der Waals surface area (Å²) in [5.41, 5.74) is 9.72. The molecular weight excluding hydrogens is 505 g/mol. The Kier molecular flexibility index (Phi) is 6.27. The van der Waals surface area contributed by atoms with Gasteiger partial charge in [0.1, 0.15) is 5.82 Å². The van der Waals surface area contributed by atoms with Crippen LogP contribution in [0.15, 0.2) is 58.0 Å². The van der Waals surface area contributed by atoms with Gasteiger partial charge in [-0.25, -0.2) is 12.8 Å². The Bertz CT molecular complexity index is 1560. The van der Waals surface area contributed by atoms with Crippen LogP contribution in [-0.4, -0.2) is 41.9 Å².